The summed E-state index contributed by atoms with van der Waals surface area (Å²) in [5.74, 6) is 0. The van der Waals surface area contributed by atoms with E-state index in [1.165, 1.54) is 56.9 Å². The number of aromatic nitrogens is 1. The lowest BCUT2D eigenvalue weighted by Gasteiger charge is -2.02. The number of unbranched alkanes of at least 4 members (excludes halogenated alkanes) is 9. The van der Waals surface area contributed by atoms with Crippen molar-refractivity contribution in [3.63, 3.8) is 0 Å². The third-order valence-corrected chi connectivity index (χ3v) is 5.18. The molecular formula is C23H37N3O3. The third kappa shape index (κ3) is 9.68. The van der Waals surface area contributed by atoms with Gasteiger partial charge in [-0.05, 0) is 49.8 Å². The number of fused-ring (bicyclic) bond motifs is 1. The molecule has 0 saturated carbocycles. The van der Waals surface area contributed by atoms with Gasteiger partial charge in [-0.15, -0.1) is 0 Å². The molecule has 2 rings (SSSR count). The van der Waals surface area contributed by atoms with E-state index in [4.69, 9.17) is 9.52 Å². The number of aryl methyl sites for hydroxylation is 1. The molecule has 162 valence electrons. The van der Waals surface area contributed by atoms with E-state index in [0.717, 1.165) is 43.3 Å². The predicted molar refractivity (Wildman–Crippen MR) is 119 cm³/mol. The summed E-state index contributed by atoms with van der Waals surface area (Å²) in [5.41, 5.74) is 3.06. The van der Waals surface area contributed by atoms with Gasteiger partial charge < -0.3 is 20.2 Å². The van der Waals surface area contributed by atoms with Crippen LogP contribution in [0.2, 0.25) is 0 Å². The van der Waals surface area contributed by atoms with Crippen molar-refractivity contribution in [3.05, 3.63) is 23.8 Å². The number of carboxylic acid groups (broad SMARTS) is 1. The number of hydrogen-bond acceptors (Lipinski definition) is 4. The molecule has 0 fully saturated rings. The minimum absolute atomic E-state index is 0.500. The maximum absolute atomic E-state index is 10.4. The summed E-state index contributed by atoms with van der Waals surface area (Å²) in [7, 11) is 0. The lowest BCUT2D eigenvalue weighted by Crippen LogP contribution is -2.21. The van der Waals surface area contributed by atoms with Crippen molar-refractivity contribution in [2.24, 2.45) is 0 Å². The van der Waals surface area contributed by atoms with Crippen LogP contribution in [0.5, 0.6) is 0 Å². The summed E-state index contributed by atoms with van der Waals surface area (Å²) in [6.07, 6.45) is 13.6. The van der Waals surface area contributed by atoms with Crippen molar-refractivity contribution in [1.82, 2.24) is 10.3 Å². The van der Waals surface area contributed by atoms with Gasteiger partial charge in [-0.25, -0.2) is 4.79 Å². The van der Waals surface area contributed by atoms with Crippen LogP contribution in [0.15, 0.2) is 22.6 Å². The second-order valence-corrected chi connectivity index (χ2v) is 7.77. The van der Waals surface area contributed by atoms with Gasteiger partial charge >= 0.3 is 6.09 Å². The Morgan fingerprint density at radius 2 is 1.66 bits per heavy atom. The van der Waals surface area contributed by atoms with Gasteiger partial charge in [-0.2, -0.15) is 4.98 Å². The Morgan fingerprint density at radius 3 is 2.41 bits per heavy atom. The van der Waals surface area contributed by atoms with E-state index in [9.17, 15) is 4.79 Å². The monoisotopic (exact) mass is 403 g/mol. The molecule has 0 aliphatic rings. The predicted octanol–water partition coefficient (Wildman–Crippen LogP) is 6.36. The smallest absolute Gasteiger partial charge is 0.404 e. The number of oxazole rings is 1. The summed E-state index contributed by atoms with van der Waals surface area (Å²) in [5, 5.41) is 14.1. The second kappa shape index (κ2) is 13.9. The molecular weight excluding hydrogens is 366 g/mol. The molecule has 3 N–H and O–H groups in total. The number of nitrogens with one attached hydrogen (secondary N) is 2. The van der Waals surface area contributed by atoms with Crippen LogP contribution in [0.1, 0.15) is 83.1 Å². The van der Waals surface area contributed by atoms with Crippen LogP contribution in [0, 0.1) is 0 Å². The first-order chi connectivity index (χ1) is 14.2. The number of benzene rings is 1. The zero-order valence-corrected chi connectivity index (χ0v) is 17.8. The fraction of sp³-hybridized carbons (Fsp3) is 0.652. The zero-order valence-electron chi connectivity index (χ0n) is 17.8. The van der Waals surface area contributed by atoms with Crippen LogP contribution in [-0.4, -0.2) is 29.3 Å². The summed E-state index contributed by atoms with van der Waals surface area (Å²) in [6.45, 7) is 3.53. The van der Waals surface area contributed by atoms with Gasteiger partial charge in [-0.1, -0.05) is 57.9 Å². The molecule has 1 amide bonds. The van der Waals surface area contributed by atoms with E-state index >= 15 is 0 Å². The molecule has 6 heteroatoms. The first kappa shape index (κ1) is 23.0. The number of carbonyl (C=O) groups is 1. The first-order valence-corrected chi connectivity index (χ1v) is 11.3. The van der Waals surface area contributed by atoms with Crippen molar-refractivity contribution in [1.29, 1.82) is 0 Å². The molecule has 0 spiro atoms. The number of rotatable bonds is 16. The quantitative estimate of drug-likeness (QED) is 0.284. The Kier molecular flexibility index (Phi) is 11.0. The highest BCUT2D eigenvalue weighted by molar-refractivity contribution is 5.75. The molecule has 0 radical (unpaired) electrons. The molecule has 29 heavy (non-hydrogen) atoms. The number of anilines is 1. The fourth-order valence-corrected chi connectivity index (χ4v) is 3.48. The van der Waals surface area contributed by atoms with E-state index in [1.807, 2.05) is 6.07 Å². The van der Waals surface area contributed by atoms with Crippen LogP contribution in [0.3, 0.4) is 0 Å². The van der Waals surface area contributed by atoms with Crippen LogP contribution < -0.4 is 10.6 Å². The van der Waals surface area contributed by atoms with Gasteiger partial charge in [0.1, 0.15) is 5.52 Å². The maximum atomic E-state index is 10.4. The SMILES string of the molecule is CCCCCCCCCCc1ccc2oc(NCCCCCNC(=O)O)nc2c1. The van der Waals surface area contributed by atoms with Gasteiger partial charge in [0.2, 0.25) is 0 Å². The summed E-state index contributed by atoms with van der Waals surface area (Å²) in [6, 6.07) is 6.87. The molecule has 0 bridgehead atoms. The second-order valence-electron chi connectivity index (χ2n) is 7.77. The summed E-state index contributed by atoms with van der Waals surface area (Å²) >= 11 is 0. The highest BCUT2D eigenvalue weighted by Crippen LogP contribution is 2.21. The summed E-state index contributed by atoms with van der Waals surface area (Å²) < 4.78 is 5.76. The highest BCUT2D eigenvalue weighted by Gasteiger charge is 2.06. The van der Waals surface area contributed by atoms with Gasteiger partial charge in [0, 0.05) is 13.1 Å². The van der Waals surface area contributed by atoms with Gasteiger partial charge in [0.05, 0.1) is 0 Å². The Bertz CT molecular complexity index is 714. The molecule has 1 aromatic heterocycles. The fourth-order valence-electron chi connectivity index (χ4n) is 3.48. The number of amides is 1. The number of nitrogens with zero attached hydrogens (tertiary/aromatic N) is 1. The standard InChI is InChI=1S/C23H37N3O3/c1-2-3-4-5-6-7-8-10-13-19-14-15-21-20(18-19)26-22(29-21)24-16-11-9-12-17-25-23(27)28/h14-15,18,25H,2-13,16-17H2,1H3,(H,24,26)(H,27,28). The molecule has 1 aromatic carbocycles. The molecule has 6 nitrogen and oxygen atoms in total. The van der Waals surface area contributed by atoms with Crippen LogP contribution in [0.4, 0.5) is 10.8 Å². The Morgan fingerprint density at radius 1 is 0.966 bits per heavy atom. The lowest BCUT2D eigenvalue weighted by atomic mass is 10.0. The number of hydrogen-bond donors (Lipinski definition) is 3. The Balaban J connectivity index is 1.62. The largest absolute Gasteiger partial charge is 0.465 e. The average Bonchev–Trinajstić information content (AvgIpc) is 3.11. The van der Waals surface area contributed by atoms with Gasteiger partial charge in [-0.3, -0.25) is 0 Å². The van der Waals surface area contributed by atoms with Crippen molar-refractivity contribution in [2.75, 3.05) is 18.4 Å². The Labute approximate surface area is 174 Å². The van der Waals surface area contributed by atoms with Crippen molar-refractivity contribution in [3.8, 4) is 0 Å². The van der Waals surface area contributed by atoms with Crippen molar-refractivity contribution in [2.45, 2.75) is 84.0 Å². The molecule has 0 unspecified atom stereocenters. The van der Waals surface area contributed by atoms with E-state index in [2.05, 4.69) is 34.7 Å². The highest BCUT2D eigenvalue weighted by atomic mass is 16.4. The minimum Gasteiger partial charge on any atom is -0.465 e. The normalized spacial score (nSPS) is 11.1. The van der Waals surface area contributed by atoms with Gasteiger partial charge in [0.15, 0.2) is 5.58 Å². The van der Waals surface area contributed by atoms with E-state index in [0.29, 0.717) is 12.6 Å². The zero-order chi connectivity index (χ0) is 20.7. The van der Waals surface area contributed by atoms with Crippen LogP contribution >= 0.6 is 0 Å². The lowest BCUT2D eigenvalue weighted by molar-refractivity contribution is 0.194. The van der Waals surface area contributed by atoms with Crippen molar-refractivity contribution < 1.29 is 14.3 Å². The van der Waals surface area contributed by atoms with E-state index < -0.39 is 6.09 Å². The van der Waals surface area contributed by atoms with Crippen molar-refractivity contribution >= 4 is 23.2 Å². The van der Waals surface area contributed by atoms with Crippen LogP contribution in [-0.2, 0) is 6.42 Å². The molecule has 0 atom stereocenters. The molecule has 1 heterocycles. The van der Waals surface area contributed by atoms with E-state index in [1.54, 1.807) is 0 Å². The molecule has 0 saturated heterocycles. The third-order valence-electron chi connectivity index (χ3n) is 5.18. The average molecular weight is 404 g/mol. The van der Waals surface area contributed by atoms with Gasteiger partial charge in [0.25, 0.3) is 6.01 Å². The van der Waals surface area contributed by atoms with Crippen LogP contribution in [0.25, 0.3) is 11.1 Å². The summed E-state index contributed by atoms with van der Waals surface area (Å²) in [4.78, 5) is 14.9. The van der Waals surface area contributed by atoms with E-state index in [-0.39, 0.29) is 0 Å². The molecule has 2 aromatic rings. The Hall–Kier alpha value is -2.24. The molecule has 0 aliphatic carbocycles. The molecule has 0 aliphatic heterocycles. The maximum Gasteiger partial charge on any atom is 0.404 e. The first-order valence-electron chi connectivity index (χ1n) is 11.3. The topological polar surface area (TPSA) is 87.4 Å². The minimum atomic E-state index is -0.962.